The summed E-state index contributed by atoms with van der Waals surface area (Å²) in [7, 11) is -8.77. The molecule has 0 fully saturated rings. The molecule has 2 N–H and O–H groups in total. The van der Waals surface area contributed by atoms with E-state index < -0.39 is 20.2 Å². The van der Waals surface area contributed by atoms with Crippen LogP contribution in [0.15, 0.2) is 94.7 Å². The monoisotopic (exact) mass is 850 g/mol. The third-order valence-corrected chi connectivity index (χ3v) is 11.0. The first-order valence-corrected chi connectivity index (χ1v) is 22.8. The average molecular weight is 851 g/mol. The van der Waals surface area contributed by atoms with Gasteiger partial charge in [0.05, 0.1) is 9.79 Å². The molecule has 4 aromatic rings. The smallest absolute Gasteiger partial charge is 0.872 e. The molecule has 0 radical (unpaired) electrons. The largest absolute Gasteiger partial charge is 2.00 e. The molecule has 0 aliphatic carbocycles. The van der Waals surface area contributed by atoms with Crippen molar-refractivity contribution < 1.29 is 45.6 Å². The van der Waals surface area contributed by atoms with E-state index in [4.69, 9.17) is 9.47 Å². The Morgan fingerprint density at radius 2 is 0.895 bits per heavy atom. The van der Waals surface area contributed by atoms with Crippen LogP contribution in [0.25, 0.3) is 0 Å². The molecule has 0 spiro atoms. The molecule has 0 aliphatic heterocycles. The molecule has 0 aromatic heterocycles. The number of aryl methyl sites for hydroxylation is 2. The summed E-state index contributed by atoms with van der Waals surface area (Å²) in [6.45, 7) is 4.41. The SMILES string of the molecule is CCCCCCCCCCc1cc(S(=O)(=O)O)ccc1Oc1ccc(O)cc1.CCCCCCCCCCc1cc(S(=O)(=O)[O-])ccc1Oc1ccc([O-])cc1.[Ca+2]. The predicted octanol–water partition coefficient (Wildman–Crippen LogP) is 10.9. The fourth-order valence-electron chi connectivity index (χ4n) is 6.19. The Hall–Kier alpha value is -2.84. The first-order chi connectivity index (χ1) is 26.8. The van der Waals surface area contributed by atoms with Crippen molar-refractivity contribution >= 4 is 58.0 Å². The minimum Gasteiger partial charge on any atom is -0.872 e. The molecule has 308 valence electrons. The molecule has 57 heavy (non-hydrogen) atoms. The van der Waals surface area contributed by atoms with Gasteiger partial charge in [0.1, 0.15) is 38.9 Å². The molecular weight excluding hydrogens is 793 g/mol. The van der Waals surface area contributed by atoms with Gasteiger partial charge in [0.2, 0.25) is 0 Å². The van der Waals surface area contributed by atoms with Gasteiger partial charge in [-0.3, -0.25) is 4.55 Å². The van der Waals surface area contributed by atoms with E-state index in [1.165, 1.54) is 119 Å². The van der Waals surface area contributed by atoms with Gasteiger partial charge in [-0.15, -0.1) is 5.75 Å². The van der Waals surface area contributed by atoms with Crippen LogP contribution in [-0.2, 0) is 33.1 Å². The predicted molar refractivity (Wildman–Crippen MR) is 223 cm³/mol. The summed E-state index contributed by atoms with van der Waals surface area (Å²) in [5.41, 5.74) is 1.43. The number of phenols is 1. The Bertz CT molecular complexity index is 1810. The summed E-state index contributed by atoms with van der Waals surface area (Å²) in [6, 6.07) is 20.9. The van der Waals surface area contributed by atoms with E-state index in [2.05, 4.69) is 13.8 Å². The Labute approximate surface area is 370 Å². The van der Waals surface area contributed by atoms with E-state index in [1.54, 1.807) is 30.3 Å². The Kier molecular flexibility index (Phi) is 23.8. The fourth-order valence-corrected chi connectivity index (χ4v) is 7.24. The van der Waals surface area contributed by atoms with Crippen LogP contribution in [0.3, 0.4) is 0 Å². The number of phenolic OH excluding ortho intramolecular Hbond substituents is 1. The zero-order valence-electron chi connectivity index (χ0n) is 33.5. The van der Waals surface area contributed by atoms with Crippen molar-refractivity contribution in [2.45, 2.75) is 139 Å². The molecule has 0 unspecified atom stereocenters. The van der Waals surface area contributed by atoms with Crippen molar-refractivity contribution in [3.63, 3.8) is 0 Å². The molecule has 0 amide bonds. The molecular formula is C44H58CaO10S2. The Morgan fingerprint density at radius 1 is 0.526 bits per heavy atom. The van der Waals surface area contributed by atoms with Gasteiger partial charge in [-0.25, -0.2) is 8.42 Å². The number of unbranched alkanes of at least 4 members (excludes halogenated alkanes) is 14. The normalized spacial score (nSPS) is 11.3. The molecule has 0 heterocycles. The van der Waals surface area contributed by atoms with Gasteiger partial charge in [-0.1, -0.05) is 116 Å². The van der Waals surface area contributed by atoms with Gasteiger partial charge in [-0.2, -0.15) is 8.42 Å². The minimum atomic E-state index is -4.52. The van der Waals surface area contributed by atoms with E-state index in [1.807, 2.05) is 0 Å². The summed E-state index contributed by atoms with van der Waals surface area (Å²) >= 11 is 0. The van der Waals surface area contributed by atoms with Crippen molar-refractivity contribution in [2.75, 3.05) is 0 Å². The van der Waals surface area contributed by atoms with Crippen LogP contribution in [-0.4, -0.2) is 68.8 Å². The van der Waals surface area contributed by atoms with Gasteiger partial charge in [0, 0.05) is 0 Å². The maximum absolute atomic E-state index is 11.5. The van der Waals surface area contributed by atoms with Crippen molar-refractivity contribution in [1.82, 2.24) is 0 Å². The van der Waals surface area contributed by atoms with E-state index in [0.29, 0.717) is 41.4 Å². The third-order valence-electron chi connectivity index (χ3n) is 9.37. The number of benzene rings is 4. The van der Waals surface area contributed by atoms with E-state index in [0.717, 1.165) is 44.1 Å². The standard InChI is InChI=1S/2C22H30O5S.Ca/c2*1-2-3-4-5-6-7-8-9-10-18-17-21(28(24,25)26)15-16-22(18)27-20-13-11-19(23)12-14-20;/h2*11-17,23H,2-10H2,1H3,(H,24,25,26);/q;;+2/p-2. The number of rotatable bonds is 24. The number of aromatic hydroxyl groups is 1. The van der Waals surface area contributed by atoms with Crippen LogP contribution in [0.5, 0.6) is 34.5 Å². The molecule has 0 saturated heterocycles. The quantitative estimate of drug-likeness (QED) is 0.0392. The second-order valence-electron chi connectivity index (χ2n) is 14.1. The van der Waals surface area contributed by atoms with Crippen LogP contribution in [0.2, 0.25) is 0 Å². The molecule has 0 saturated carbocycles. The van der Waals surface area contributed by atoms with Crippen LogP contribution < -0.4 is 14.6 Å². The van der Waals surface area contributed by atoms with Crippen LogP contribution in [0, 0.1) is 0 Å². The van der Waals surface area contributed by atoms with Gasteiger partial charge >= 0.3 is 37.7 Å². The summed E-state index contributed by atoms with van der Waals surface area (Å²) in [6.07, 6.45) is 20.1. The summed E-state index contributed by atoms with van der Waals surface area (Å²) in [5, 5.41) is 20.6. The second kappa shape index (κ2) is 27.0. The molecule has 10 nitrogen and oxygen atoms in total. The third kappa shape index (κ3) is 20.1. The fraction of sp³-hybridized carbons (Fsp3) is 0.455. The minimum absolute atomic E-state index is 0. The van der Waals surface area contributed by atoms with Gasteiger partial charge in [0.15, 0.2) is 0 Å². The van der Waals surface area contributed by atoms with Crippen LogP contribution >= 0.6 is 0 Å². The topological polar surface area (TPSA) is 173 Å². The van der Waals surface area contributed by atoms with Crippen molar-refractivity contribution in [2.24, 2.45) is 0 Å². The maximum Gasteiger partial charge on any atom is 2.00 e. The zero-order valence-corrected chi connectivity index (χ0v) is 37.3. The summed E-state index contributed by atoms with van der Waals surface area (Å²) in [5.74, 6) is 2.15. The average Bonchev–Trinajstić information content (AvgIpc) is 3.16. The van der Waals surface area contributed by atoms with Crippen LogP contribution in [0.4, 0.5) is 0 Å². The number of hydrogen-bond donors (Lipinski definition) is 2. The maximum atomic E-state index is 11.5. The first kappa shape index (κ1) is 50.3. The molecule has 4 rings (SSSR count). The zero-order chi connectivity index (χ0) is 40.8. The molecule has 0 bridgehead atoms. The Balaban J connectivity index is 0.000000387. The molecule has 0 atom stereocenters. The van der Waals surface area contributed by atoms with E-state index >= 15 is 0 Å². The van der Waals surface area contributed by atoms with Crippen LogP contribution in [0.1, 0.15) is 128 Å². The first-order valence-electron chi connectivity index (χ1n) is 19.9. The second-order valence-corrected chi connectivity index (χ2v) is 16.9. The molecule has 4 aromatic carbocycles. The molecule has 13 heteroatoms. The molecule has 0 aliphatic rings. The number of ether oxygens (including phenoxy) is 2. The van der Waals surface area contributed by atoms with Crippen molar-refractivity contribution in [3.8, 4) is 34.5 Å². The summed E-state index contributed by atoms with van der Waals surface area (Å²) < 4.78 is 78.1. The van der Waals surface area contributed by atoms with Gasteiger partial charge in [0.25, 0.3) is 10.1 Å². The number of hydrogen-bond acceptors (Lipinski definition) is 9. The van der Waals surface area contributed by atoms with E-state index in [-0.39, 0.29) is 59.0 Å². The summed E-state index contributed by atoms with van der Waals surface area (Å²) in [4.78, 5) is -0.371. The van der Waals surface area contributed by atoms with Crippen molar-refractivity contribution in [3.05, 3.63) is 96.1 Å². The van der Waals surface area contributed by atoms with Gasteiger partial charge in [-0.05, 0) is 110 Å². The van der Waals surface area contributed by atoms with Gasteiger partial charge < -0.3 is 24.2 Å². The van der Waals surface area contributed by atoms with Crippen molar-refractivity contribution in [1.29, 1.82) is 0 Å². The van der Waals surface area contributed by atoms with E-state index in [9.17, 15) is 36.2 Å². The Morgan fingerprint density at radius 3 is 1.30 bits per heavy atom.